The van der Waals surface area contributed by atoms with E-state index in [1.54, 1.807) is 25.5 Å². The minimum absolute atomic E-state index is 0.138. The number of aromatic nitrogens is 3. The summed E-state index contributed by atoms with van der Waals surface area (Å²) >= 11 is 0. The van der Waals surface area contributed by atoms with Crippen molar-refractivity contribution in [3.8, 4) is 17.2 Å². The summed E-state index contributed by atoms with van der Waals surface area (Å²) in [5.41, 5.74) is 7.91. The van der Waals surface area contributed by atoms with Crippen LogP contribution in [-0.4, -0.2) is 32.2 Å². The van der Waals surface area contributed by atoms with E-state index in [0.717, 1.165) is 29.8 Å². The first kappa shape index (κ1) is 20.3. The van der Waals surface area contributed by atoms with Gasteiger partial charge >= 0.3 is 0 Å². The van der Waals surface area contributed by atoms with Crippen molar-refractivity contribution in [2.24, 2.45) is 5.73 Å². The van der Waals surface area contributed by atoms with E-state index < -0.39 is 6.10 Å². The number of aliphatic hydroxyl groups excluding tert-OH is 1. The van der Waals surface area contributed by atoms with Crippen molar-refractivity contribution in [2.45, 2.75) is 50.9 Å². The van der Waals surface area contributed by atoms with Crippen molar-refractivity contribution in [3.05, 3.63) is 72.1 Å². The van der Waals surface area contributed by atoms with Gasteiger partial charge in [0.15, 0.2) is 11.6 Å². The number of hydrogen-bond acceptors (Lipinski definition) is 7. The lowest BCUT2D eigenvalue weighted by Crippen LogP contribution is -2.43. The molecular weight excluding hydrogens is 380 g/mol. The van der Waals surface area contributed by atoms with E-state index in [4.69, 9.17) is 15.2 Å². The minimum Gasteiger partial charge on any atom is -0.489 e. The van der Waals surface area contributed by atoms with Crippen LogP contribution in [0.2, 0.25) is 0 Å². The maximum Gasteiger partial charge on any atom is 0.164 e. The second kappa shape index (κ2) is 8.77. The third-order valence-electron chi connectivity index (χ3n) is 5.27. The SMILES string of the molecule is C[C@H](c1ccc(Oc2cnc([C@@H](C)O)nc2)cc1)c1ccc(OC2CC(N)C2)cn1. The zero-order valence-electron chi connectivity index (χ0n) is 17.1. The van der Waals surface area contributed by atoms with Crippen molar-refractivity contribution in [1.29, 1.82) is 0 Å². The Bertz CT molecular complexity index is 953. The Morgan fingerprint density at radius 1 is 0.900 bits per heavy atom. The first-order valence-electron chi connectivity index (χ1n) is 10.1. The van der Waals surface area contributed by atoms with Gasteiger partial charge in [0.25, 0.3) is 0 Å². The fourth-order valence-corrected chi connectivity index (χ4v) is 3.34. The van der Waals surface area contributed by atoms with Gasteiger partial charge in [-0.15, -0.1) is 0 Å². The van der Waals surface area contributed by atoms with E-state index >= 15 is 0 Å². The number of benzene rings is 1. The van der Waals surface area contributed by atoms with Crippen molar-refractivity contribution >= 4 is 0 Å². The topological polar surface area (TPSA) is 103 Å². The van der Waals surface area contributed by atoms with Gasteiger partial charge in [-0.05, 0) is 49.6 Å². The quantitative estimate of drug-likeness (QED) is 0.616. The molecule has 0 saturated heterocycles. The van der Waals surface area contributed by atoms with Crippen molar-refractivity contribution in [1.82, 2.24) is 15.0 Å². The molecule has 1 aliphatic rings. The van der Waals surface area contributed by atoms with E-state index in [2.05, 4.69) is 21.9 Å². The van der Waals surface area contributed by atoms with Crippen molar-refractivity contribution in [3.63, 3.8) is 0 Å². The molecule has 7 nitrogen and oxygen atoms in total. The monoisotopic (exact) mass is 406 g/mol. The fourth-order valence-electron chi connectivity index (χ4n) is 3.34. The molecule has 1 aliphatic carbocycles. The Labute approximate surface area is 175 Å². The molecule has 3 N–H and O–H groups in total. The Kier molecular flexibility index (Phi) is 5.92. The molecule has 156 valence electrons. The average molecular weight is 406 g/mol. The Morgan fingerprint density at radius 3 is 2.10 bits per heavy atom. The summed E-state index contributed by atoms with van der Waals surface area (Å²) < 4.78 is 11.7. The lowest BCUT2D eigenvalue weighted by Gasteiger charge is -2.32. The van der Waals surface area contributed by atoms with E-state index in [1.165, 1.54) is 0 Å². The zero-order chi connectivity index (χ0) is 21.1. The highest BCUT2D eigenvalue weighted by Gasteiger charge is 2.27. The highest BCUT2D eigenvalue weighted by atomic mass is 16.5. The molecule has 0 aliphatic heterocycles. The van der Waals surface area contributed by atoms with Crippen LogP contribution in [0.4, 0.5) is 0 Å². The Hall–Kier alpha value is -3.03. The molecule has 0 unspecified atom stereocenters. The van der Waals surface area contributed by atoms with E-state index in [9.17, 15) is 5.11 Å². The van der Waals surface area contributed by atoms with Gasteiger partial charge in [0.1, 0.15) is 23.7 Å². The zero-order valence-corrected chi connectivity index (χ0v) is 17.1. The smallest absolute Gasteiger partial charge is 0.164 e. The average Bonchev–Trinajstić information content (AvgIpc) is 2.74. The molecule has 4 rings (SSSR count). The number of nitrogens with zero attached hydrogens (tertiary/aromatic N) is 3. The molecule has 1 fully saturated rings. The summed E-state index contributed by atoms with van der Waals surface area (Å²) in [4.78, 5) is 12.7. The second-order valence-electron chi connectivity index (χ2n) is 7.74. The molecule has 1 saturated carbocycles. The summed E-state index contributed by atoms with van der Waals surface area (Å²) in [5, 5.41) is 9.48. The van der Waals surface area contributed by atoms with Crippen LogP contribution in [-0.2, 0) is 0 Å². The van der Waals surface area contributed by atoms with Crippen LogP contribution in [0.15, 0.2) is 55.0 Å². The standard InChI is InChI=1S/C23H26N4O3/c1-14(22-8-7-19(11-25-22)30-20-9-17(24)10-20)16-3-5-18(6-4-16)29-21-12-26-23(15(2)28)27-13-21/h3-8,11-15,17,20,28H,9-10,24H2,1-2H3/t14-,15-,17?,20?/m1/s1. The van der Waals surface area contributed by atoms with Gasteiger partial charge in [-0.25, -0.2) is 9.97 Å². The Balaban J connectivity index is 1.37. The highest BCUT2D eigenvalue weighted by molar-refractivity contribution is 5.36. The van der Waals surface area contributed by atoms with Gasteiger partial charge < -0.3 is 20.3 Å². The number of ether oxygens (including phenoxy) is 2. The summed E-state index contributed by atoms with van der Waals surface area (Å²) in [7, 11) is 0. The Morgan fingerprint density at radius 2 is 1.53 bits per heavy atom. The lowest BCUT2D eigenvalue weighted by molar-refractivity contribution is 0.100. The van der Waals surface area contributed by atoms with Crippen LogP contribution in [0.5, 0.6) is 17.2 Å². The highest BCUT2D eigenvalue weighted by Crippen LogP contribution is 2.29. The predicted molar refractivity (Wildman–Crippen MR) is 113 cm³/mol. The number of nitrogens with two attached hydrogens (primary N) is 1. The molecule has 30 heavy (non-hydrogen) atoms. The summed E-state index contributed by atoms with van der Waals surface area (Å²) in [6, 6.07) is 12.1. The molecule has 1 aromatic carbocycles. The number of pyridine rings is 1. The van der Waals surface area contributed by atoms with Crippen molar-refractivity contribution < 1.29 is 14.6 Å². The van der Waals surface area contributed by atoms with Gasteiger partial charge in [0.2, 0.25) is 0 Å². The maximum absolute atomic E-state index is 9.48. The molecule has 2 aromatic heterocycles. The molecule has 7 heteroatoms. The summed E-state index contributed by atoms with van der Waals surface area (Å²) in [5.74, 6) is 2.50. The van der Waals surface area contributed by atoms with Gasteiger partial charge in [-0.2, -0.15) is 0 Å². The summed E-state index contributed by atoms with van der Waals surface area (Å²) in [6.07, 6.45) is 6.21. The van der Waals surface area contributed by atoms with E-state index in [-0.39, 0.29) is 18.1 Å². The molecule has 2 heterocycles. The predicted octanol–water partition coefficient (Wildman–Crippen LogP) is 3.74. The first-order chi connectivity index (χ1) is 14.5. The molecule has 0 spiro atoms. The van der Waals surface area contributed by atoms with E-state index in [0.29, 0.717) is 17.3 Å². The fraction of sp³-hybridized carbons (Fsp3) is 0.348. The third-order valence-corrected chi connectivity index (χ3v) is 5.27. The molecule has 0 bridgehead atoms. The maximum atomic E-state index is 9.48. The third kappa shape index (κ3) is 4.75. The van der Waals surface area contributed by atoms with Crippen LogP contribution in [0, 0.1) is 0 Å². The van der Waals surface area contributed by atoms with Gasteiger partial charge in [0, 0.05) is 17.7 Å². The van der Waals surface area contributed by atoms with E-state index in [1.807, 2.05) is 36.4 Å². The van der Waals surface area contributed by atoms with Crippen LogP contribution < -0.4 is 15.2 Å². The number of aliphatic hydroxyl groups is 1. The molecule has 0 radical (unpaired) electrons. The van der Waals surface area contributed by atoms with Crippen LogP contribution in [0.1, 0.15) is 55.8 Å². The largest absolute Gasteiger partial charge is 0.489 e. The molecular formula is C23H26N4O3. The van der Waals surface area contributed by atoms with Gasteiger partial charge in [0.05, 0.1) is 18.6 Å². The number of hydrogen-bond donors (Lipinski definition) is 2. The lowest BCUT2D eigenvalue weighted by atomic mass is 9.90. The normalized spacial score (nSPS) is 20.1. The first-order valence-corrected chi connectivity index (χ1v) is 10.1. The van der Waals surface area contributed by atoms with Gasteiger partial charge in [-0.3, -0.25) is 4.98 Å². The summed E-state index contributed by atoms with van der Waals surface area (Å²) in [6.45, 7) is 3.74. The van der Waals surface area contributed by atoms with Crippen LogP contribution >= 0.6 is 0 Å². The van der Waals surface area contributed by atoms with Gasteiger partial charge in [-0.1, -0.05) is 19.1 Å². The number of rotatable bonds is 7. The van der Waals surface area contributed by atoms with Crippen LogP contribution in [0.3, 0.4) is 0 Å². The molecule has 2 atom stereocenters. The van der Waals surface area contributed by atoms with Crippen LogP contribution in [0.25, 0.3) is 0 Å². The molecule has 0 amide bonds. The van der Waals surface area contributed by atoms with Crippen molar-refractivity contribution in [2.75, 3.05) is 0 Å². The minimum atomic E-state index is -0.703. The molecule has 3 aromatic rings. The second-order valence-corrected chi connectivity index (χ2v) is 7.74.